The lowest BCUT2D eigenvalue weighted by atomic mass is 9.93. The Hall–Kier alpha value is -0.240. The summed E-state index contributed by atoms with van der Waals surface area (Å²) >= 11 is 12.1. The first kappa shape index (κ1) is 13.2. The van der Waals surface area contributed by atoms with Crippen LogP contribution in [-0.4, -0.2) is 5.11 Å². The predicted molar refractivity (Wildman–Crippen MR) is 72.5 cm³/mol. The Kier molecular flexibility index (Phi) is 4.35. The molecule has 0 heterocycles. The van der Waals surface area contributed by atoms with E-state index in [1.165, 1.54) is 12.8 Å². The average Bonchev–Trinajstić information content (AvgIpc) is 2.80. The van der Waals surface area contributed by atoms with Gasteiger partial charge < -0.3 is 5.11 Å². The van der Waals surface area contributed by atoms with Crippen LogP contribution in [0, 0.1) is 11.8 Å². The second kappa shape index (κ2) is 5.60. The summed E-state index contributed by atoms with van der Waals surface area (Å²) in [6, 6.07) is 5.47. The molecule has 0 aromatic heterocycles. The molecule has 17 heavy (non-hydrogen) atoms. The van der Waals surface area contributed by atoms with Crippen molar-refractivity contribution in [3.8, 4) is 0 Å². The van der Waals surface area contributed by atoms with Crippen molar-refractivity contribution in [2.24, 2.45) is 11.8 Å². The topological polar surface area (TPSA) is 20.2 Å². The maximum Gasteiger partial charge on any atom is 0.0833 e. The Bertz CT molecular complexity index is 392. The minimum atomic E-state index is -0.474. The molecule has 0 saturated heterocycles. The molecule has 0 radical (unpaired) electrons. The lowest BCUT2D eigenvalue weighted by Gasteiger charge is -2.20. The van der Waals surface area contributed by atoms with Crippen LogP contribution in [0.5, 0.6) is 0 Å². The number of benzene rings is 1. The van der Waals surface area contributed by atoms with E-state index in [9.17, 15) is 5.11 Å². The van der Waals surface area contributed by atoms with Crippen LogP contribution >= 0.6 is 23.2 Å². The predicted octanol–water partition coefficient (Wildman–Crippen LogP) is 4.85. The molecular weight excluding hydrogens is 255 g/mol. The molecule has 0 amide bonds. The third-order valence-corrected chi connectivity index (χ3v) is 4.74. The smallest absolute Gasteiger partial charge is 0.0833 e. The summed E-state index contributed by atoms with van der Waals surface area (Å²) in [7, 11) is 0. The first-order valence-electron chi connectivity index (χ1n) is 6.25. The quantitative estimate of drug-likeness (QED) is 0.834. The Morgan fingerprint density at radius 3 is 2.76 bits per heavy atom. The Balaban J connectivity index is 2.15. The van der Waals surface area contributed by atoms with E-state index in [0.29, 0.717) is 16.0 Å². The standard InChI is InChI=1S/C14H18Cl2O/c1-2-9-6-7-10(8-9)14(17)11-4-3-5-12(15)13(11)16/h3-5,9-10,14,17H,2,6-8H2,1H3. The van der Waals surface area contributed by atoms with E-state index in [-0.39, 0.29) is 0 Å². The summed E-state index contributed by atoms with van der Waals surface area (Å²) in [5, 5.41) is 11.4. The maximum atomic E-state index is 10.4. The second-order valence-corrected chi connectivity index (χ2v) is 5.72. The number of rotatable bonds is 3. The van der Waals surface area contributed by atoms with Crippen LogP contribution in [-0.2, 0) is 0 Å². The third kappa shape index (κ3) is 2.78. The Labute approximate surface area is 113 Å². The van der Waals surface area contributed by atoms with E-state index in [2.05, 4.69) is 6.92 Å². The fraction of sp³-hybridized carbons (Fsp3) is 0.571. The SMILES string of the molecule is CCC1CCC(C(O)c2cccc(Cl)c2Cl)C1. The molecule has 3 heteroatoms. The molecule has 2 rings (SSSR count). The van der Waals surface area contributed by atoms with Gasteiger partial charge in [-0.05, 0) is 30.7 Å². The lowest BCUT2D eigenvalue weighted by molar-refractivity contribution is 0.109. The van der Waals surface area contributed by atoms with Crippen molar-refractivity contribution >= 4 is 23.2 Å². The summed E-state index contributed by atoms with van der Waals surface area (Å²) in [6.07, 6.45) is 4.13. The van der Waals surface area contributed by atoms with Crippen LogP contribution in [0.2, 0.25) is 10.0 Å². The van der Waals surface area contributed by atoms with Crippen molar-refractivity contribution in [3.63, 3.8) is 0 Å². The first-order chi connectivity index (χ1) is 8.13. The highest BCUT2D eigenvalue weighted by atomic mass is 35.5. The molecule has 3 unspecified atom stereocenters. The molecule has 0 bridgehead atoms. The number of aliphatic hydroxyl groups is 1. The highest BCUT2D eigenvalue weighted by molar-refractivity contribution is 6.42. The summed E-state index contributed by atoms with van der Waals surface area (Å²) in [5.74, 6) is 1.09. The van der Waals surface area contributed by atoms with E-state index in [4.69, 9.17) is 23.2 Å². The largest absolute Gasteiger partial charge is 0.388 e. The van der Waals surface area contributed by atoms with E-state index in [0.717, 1.165) is 24.3 Å². The second-order valence-electron chi connectivity index (χ2n) is 4.94. The van der Waals surface area contributed by atoms with Gasteiger partial charge in [-0.25, -0.2) is 0 Å². The number of hydrogen-bond donors (Lipinski definition) is 1. The van der Waals surface area contributed by atoms with E-state index >= 15 is 0 Å². The third-order valence-electron chi connectivity index (χ3n) is 3.91. The van der Waals surface area contributed by atoms with Crippen LogP contribution in [0.4, 0.5) is 0 Å². The zero-order valence-electron chi connectivity index (χ0n) is 10.00. The number of aliphatic hydroxyl groups excluding tert-OH is 1. The molecule has 0 spiro atoms. The molecule has 1 aromatic rings. The highest BCUT2D eigenvalue weighted by Crippen LogP contribution is 2.42. The van der Waals surface area contributed by atoms with Crippen LogP contribution in [0.15, 0.2) is 18.2 Å². The monoisotopic (exact) mass is 272 g/mol. The van der Waals surface area contributed by atoms with Crippen LogP contribution in [0.3, 0.4) is 0 Å². The number of halogens is 2. The number of hydrogen-bond acceptors (Lipinski definition) is 1. The molecule has 94 valence electrons. The van der Waals surface area contributed by atoms with Crippen molar-refractivity contribution < 1.29 is 5.11 Å². The van der Waals surface area contributed by atoms with Gasteiger partial charge in [0.05, 0.1) is 16.1 Å². The molecule has 1 aliphatic carbocycles. The lowest BCUT2D eigenvalue weighted by Crippen LogP contribution is -2.10. The molecule has 1 aromatic carbocycles. The van der Waals surface area contributed by atoms with Gasteiger partial charge in [0.15, 0.2) is 0 Å². The van der Waals surface area contributed by atoms with Gasteiger partial charge in [0.2, 0.25) is 0 Å². The fourth-order valence-corrected chi connectivity index (χ4v) is 3.19. The maximum absolute atomic E-state index is 10.4. The molecule has 1 nitrogen and oxygen atoms in total. The molecular formula is C14H18Cl2O. The van der Waals surface area contributed by atoms with Gasteiger partial charge in [0.1, 0.15) is 0 Å². The van der Waals surface area contributed by atoms with Gasteiger partial charge in [0, 0.05) is 5.56 Å². The summed E-state index contributed by atoms with van der Waals surface area (Å²) in [6.45, 7) is 2.21. The minimum Gasteiger partial charge on any atom is -0.388 e. The first-order valence-corrected chi connectivity index (χ1v) is 7.01. The molecule has 1 N–H and O–H groups in total. The van der Waals surface area contributed by atoms with Gasteiger partial charge in [0.25, 0.3) is 0 Å². The summed E-state index contributed by atoms with van der Waals surface area (Å²) in [5.41, 5.74) is 0.779. The van der Waals surface area contributed by atoms with Crippen molar-refractivity contribution in [1.82, 2.24) is 0 Å². The molecule has 1 aliphatic rings. The van der Waals surface area contributed by atoms with Crippen molar-refractivity contribution in [3.05, 3.63) is 33.8 Å². The van der Waals surface area contributed by atoms with Crippen LogP contribution in [0.1, 0.15) is 44.3 Å². The van der Waals surface area contributed by atoms with Crippen LogP contribution < -0.4 is 0 Å². The van der Waals surface area contributed by atoms with E-state index in [1.54, 1.807) is 6.07 Å². The fourth-order valence-electron chi connectivity index (χ4n) is 2.77. The Morgan fingerprint density at radius 2 is 2.12 bits per heavy atom. The Morgan fingerprint density at radius 1 is 1.35 bits per heavy atom. The summed E-state index contributed by atoms with van der Waals surface area (Å²) in [4.78, 5) is 0. The van der Waals surface area contributed by atoms with Gasteiger partial charge in [-0.1, -0.05) is 55.1 Å². The molecule has 1 saturated carbocycles. The summed E-state index contributed by atoms with van der Waals surface area (Å²) < 4.78 is 0. The van der Waals surface area contributed by atoms with E-state index < -0.39 is 6.10 Å². The van der Waals surface area contributed by atoms with Crippen molar-refractivity contribution in [1.29, 1.82) is 0 Å². The minimum absolute atomic E-state index is 0.330. The normalized spacial score (nSPS) is 26.1. The van der Waals surface area contributed by atoms with Gasteiger partial charge >= 0.3 is 0 Å². The van der Waals surface area contributed by atoms with Crippen LogP contribution in [0.25, 0.3) is 0 Å². The van der Waals surface area contributed by atoms with Gasteiger partial charge in [-0.2, -0.15) is 0 Å². The molecule has 1 fully saturated rings. The molecule has 0 aliphatic heterocycles. The average molecular weight is 273 g/mol. The highest BCUT2D eigenvalue weighted by Gasteiger charge is 2.30. The van der Waals surface area contributed by atoms with E-state index in [1.807, 2.05) is 12.1 Å². The zero-order valence-corrected chi connectivity index (χ0v) is 11.5. The van der Waals surface area contributed by atoms with Gasteiger partial charge in [-0.3, -0.25) is 0 Å². The zero-order chi connectivity index (χ0) is 12.4. The van der Waals surface area contributed by atoms with Crippen molar-refractivity contribution in [2.75, 3.05) is 0 Å². The molecule has 3 atom stereocenters. The van der Waals surface area contributed by atoms with Crippen molar-refractivity contribution in [2.45, 2.75) is 38.7 Å². The van der Waals surface area contributed by atoms with Gasteiger partial charge in [-0.15, -0.1) is 0 Å².